The van der Waals surface area contributed by atoms with Crippen LogP contribution >= 0.6 is 22.6 Å². The van der Waals surface area contributed by atoms with Gasteiger partial charge in [0, 0.05) is 12.7 Å². The molecule has 2 nitrogen and oxygen atoms in total. The number of hydrogen-bond donors (Lipinski definition) is 0. The molecule has 130 valence electrons. The zero-order valence-electron chi connectivity index (χ0n) is 13.3. The Morgan fingerprint density at radius 2 is 1.64 bits per heavy atom. The molecule has 3 rings (SSSR count). The summed E-state index contributed by atoms with van der Waals surface area (Å²) in [5.74, 6) is 0.663. The van der Waals surface area contributed by atoms with Crippen LogP contribution in [0.5, 0.6) is 5.75 Å². The van der Waals surface area contributed by atoms with Gasteiger partial charge in [0.15, 0.2) is 0 Å². The lowest BCUT2D eigenvalue weighted by Gasteiger charge is -2.11. The topological polar surface area (TPSA) is 14.2 Å². The number of benzene rings is 2. The van der Waals surface area contributed by atoms with Gasteiger partial charge in [0.05, 0.1) is 21.9 Å². The molecule has 0 aliphatic rings. The Hall–Kier alpha value is -1.96. The molecular weight excluding hydrogens is 442 g/mol. The average Bonchev–Trinajstić information content (AvgIpc) is 2.92. The molecule has 0 fully saturated rings. The molecule has 3 aromatic rings. The van der Waals surface area contributed by atoms with Gasteiger partial charge in [-0.2, -0.15) is 13.2 Å². The van der Waals surface area contributed by atoms with Gasteiger partial charge in [-0.1, -0.05) is 30.3 Å². The van der Waals surface area contributed by atoms with Gasteiger partial charge in [-0.15, -0.1) is 0 Å². The van der Waals surface area contributed by atoms with Gasteiger partial charge in [-0.3, -0.25) is 0 Å². The quantitative estimate of drug-likeness (QED) is 0.450. The van der Waals surface area contributed by atoms with Crippen LogP contribution in [0.1, 0.15) is 11.1 Å². The third kappa shape index (κ3) is 3.84. The van der Waals surface area contributed by atoms with Crippen molar-refractivity contribution in [2.75, 3.05) is 7.11 Å². The van der Waals surface area contributed by atoms with Gasteiger partial charge in [0.1, 0.15) is 5.75 Å². The fourth-order valence-electron chi connectivity index (χ4n) is 2.67. The van der Waals surface area contributed by atoms with E-state index in [1.165, 1.54) is 6.20 Å². The summed E-state index contributed by atoms with van der Waals surface area (Å²) < 4.78 is 47.1. The van der Waals surface area contributed by atoms with E-state index in [1.807, 2.05) is 30.3 Å². The van der Waals surface area contributed by atoms with E-state index in [4.69, 9.17) is 4.74 Å². The average molecular weight is 457 g/mol. The monoisotopic (exact) mass is 457 g/mol. The summed E-state index contributed by atoms with van der Waals surface area (Å²) in [4.78, 5) is 0. The highest BCUT2D eigenvalue weighted by atomic mass is 127. The number of halogens is 4. The predicted molar refractivity (Wildman–Crippen MR) is 99.7 cm³/mol. The molecule has 2 aromatic carbocycles. The highest BCUT2D eigenvalue weighted by molar-refractivity contribution is 14.1. The Balaban J connectivity index is 2.11. The predicted octanol–water partition coefficient (Wildman–Crippen LogP) is 5.84. The third-order valence-electron chi connectivity index (χ3n) is 3.88. The first-order valence-electron chi connectivity index (χ1n) is 7.54. The normalized spacial score (nSPS) is 11.6. The zero-order chi connectivity index (χ0) is 18.0. The Morgan fingerprint density at radius 3 is 2.20 bits per heavy atom. The van der Waals surface area contributed by atoms with E-state index in [1.54, 1.807) is 58.5 Å². The van der Waals surface area contributed by atoms with Gasteiger partial charge in [0.25, 0.3) is 0 Å². The van der Waals surface area contributed by atoms with E-state index in [-0.39, 0.29) is 3.57 Å². The summed E-state index contributed by atoms with van der Waals surface area (Å²) in [5, 5.41) is 0. The molecule has 1 aromatic heterocycles. The van der Waals surface area contributed by atoms with Crippen molar-refractivity contribution in [3.8, 4) is 17.0 Å². The maximum Gasteiger partial charge on any atom is 0.418 e. The van der Waals surface area contributed by atoms with Crippen molar-refractivity contribution in [3.05, 3.63) is 75.5 Å². The number of methoxy groups -OCH3 is 1. The minimum Gasteiger partial charge on any atom is -0.497 e. The molecule has 0 aliphatic heterocycles. The van der Waals surface area contributed by atoms with Crippen LogP contribution in [0.3, 0.4) is 0 Å². The second-order valence-electron chi connectivity index (χ2n) is 5.55. The molecule has 6 heteroatoms. The van der Waals surface area contributed by atoms with Gasteiger partial charge in [-0.05, 0) is 58.0 Å². The van der Waals surface area contributed by atoms with Crippen molar-refractivity contribution >= 4 is 22.6 Å². The highest BCUT2D eigenvalue weighted by Gasteiger charge is 2.36. The number of ether oxygens (including phenoxy) is 1. The molecule has 0 saturated heterocycles. The molecule has 0 aliphatic carbocycles. The number of nitrogens with zero attached hydrogens (tertiary/aromatic N) is 1. The van der Waals surface area contributed by atoms with E-state index in [2.05, 4.69) is 0 Å². The molecule has 25 heavy (non-hydrogen) atoms. The highest BCUT2D eigenvalue weighted by Crippen LogP contribution is 2.39. The molecule has 0 spiro atoms. The lowest BCUT2D eigenvalue weighted by Crippen LogP contribution is -2.05. The van der Waals surface area contributed by atoms with Crippen molar-refractivity contribution in [1.29, 1.82) is 0 Å². The molecule has 0 atom stereocenters. The van der Waals surface area contributed by atoms with Crippen LogP contribution in [0.15, 0.2) is 60.8 Å². The van der Waals surface area contributed by atoms with E-state index in [9.17, 15) is 13.2 Å². The Morgan fingerprint density at radius 1 is 1.00 bits per heavy atom. The first-order valence-corrected chi connectivity index (χ1v) is 8.62. The Bertz CT molecular complexity index is 855. The van der Waals surface area contributed by atoms with Crippen molar-refractivity contribution in [2.24, 2.45) is 0 Å². The SMILES string of the molecule is COc1ccc(-c2c(I)c(C(F)(F)F)cn2Cc2ccccc2)cc1. The van der Waals surface area contributed by atoms with Crippen LogP contribution < -0.4 is 4.74 Å². The molecular formula is C19H15F3INO. The summed E-state index contributed by atoms with van der Waals surface area (Å²) in [7, 11) is 1.55. The minimum absolute atomic E-state index is 0.200. The standard InChI is InChI=1S/C19H15F3INO/c1-25-15-9-7-14(8-10-15)18-17(23)16(19(20,21)22)12-24(18)11-13-5-3-2-4-6-13/h2-10,12H,11H2,1H3. The lowest BCUT2D eigenvalue weighted by atomic mass is 10.1. The fourth-order valence-corrected chi connectivity index (χ4v) is 3.74. The fraction of sp³-hybridized carbons (Fsp3) is 0.158. The minimum atomic E-state index is -4.39. The molecule has 0 N–H and O–H groups in total. The smallest absolute Gasteiger partial charge is 0.418 e. The van der Waals surface area contributed by atoms with Crippen LogP contribution in [0.4, 0.5) is 13.2 Å². The van der Waals surface area contributed by atoms with E-state index >= 15 is 0 Å². The second-order valence-corrected chi connectivity index (χ2v) is 6.62. The summed E-state index contributed by atoms with van der Waals surface area (Å²) in [6.45, 7) is 0.369. The molecule has 0 unspecified atom stereocenters. The molecule has 0 radical (unpaired) electrons. The Labute approximate surface area is 157 Å². The first-order chi connectivity index (χ1) is 11.9. The first kappa shape index (κ1) is 17.8. The lowest BCUT2D eigenvalue weighted by molar-refractivity contribution is -0.138. The van der Waals surface area contributed by atoms with E-state index in [0.717, 1.165) is 11.1 Å². The second kappa shape index (κ2) is 7.11. The van der Waals surface area contributed by atoms with Crippen LogP contribution in [-0.2, 0) is 12.7 Å². The van der Waals surface area contributed by atoms with Crippen LogP contribution in [-0.4, -0.2) is 11.7 Å². The largest absolute Gasteiger partial charge is 0.497 e. The van der Waals surface area contributed by atoms with Crippen molar-refractivity contribution in [1.82, 2.24) is 4.57 Å². The summed E-state index contributed by atoms with van der Waals surface area (Å²) >= 11 is 1.78. The number of aromatic nitrogens is 1. The van der Waals surface area contributed by atoms with Crippen molar-refractivity contribution < 1.29 is 17.9 Å². The van der Waals surface area contributed by atoms with Gasteiger partial charge in [0.2, 0.25) is 0 Å². The zero-order valence-corrected chi connectivity index (χ0v) is 15.5. The molecule has 0 amide bonds. The van der Waals surface area contributed by atoms with Gasteiger partial charge < -0.3 is 9.30 Å². The van der Waals surface area contributed by atoms with Crippen LogP contribution in [0.2, 0.25) is 0 Å². The Kier molecular flexibility index (Phi) is 5.08. The van der Waals surface area contributed by atoms with Gasteiger partial charge in [-0.25, -0.2) is 0 Å². The van der Waals surface area contributed by atoms with E-state index in [0.29, 0.717) is 18.0 Å². The van der Waals surface area contributed by atoms with Crippen LogP contribution in [0.25, 0.3) is 11.3 Å². The van der Waals surface area contributed by atoms with Crippen molar-refractivity contribution in [2.45, 2.75) is 12.7 Å². The number of alkyl halides is 3. The number of hydrogen-bond acceptors (Lipinski definition) is 1. The number of rotatable bonds is 4. The van der Waals surface area contributed by atoms with Crippen molar-refractivity contribution in [3.63, 3.8) is 0 Å². The van der Waals surface area contributed by atoms with Crippen LogP contribution in [0, 0.1) is 3.57 Å². The maximum absolute atomic E-state index is 13.4. The molecule has 1 heterocycles. The summed E-state index contributed by atoms with van der Waals surface area (Å²) in [5.41, 5.74) is 1.60. The van der Waals surface area contributed by atoms with E-state index < -0.39 is 11.7 Å². The molecule has 0 bridgehead atoms. The van der Waals surface area contributed by atoms with Gasteiger partial charge >= 0.3 is 6.18 Å². The molecule has 0 saturated carbocycles. The summed E-state index contributed by atoms with van der Waals surface area (Å²) in [6.07, 6.45) is -3.20. The maximum atomic E-state index is 13.4. The third-order valence-corrected chi connectivity index (χ3v) is 4.97. The summed E-state index contributed by atoms with van der Waals surface area (Å²) in [6, 6.07) is 16.5.